The Morgan fingerprint density at radius 1 is 1.17 bits per heavy atom. The van der Waals surface area contributed by atoms with Crippen LogP contribution in [0.4, 0.5) is 5.69 Å². The molecule has 0 saturated carbocycles. The predicted octanol–water partition coefficient (Wildman–Crippen LogP) is 3.95. The molecule has 2 aromatic rings. The minimum atomic E-state index is -3.40. The van der Waals surface area contributed by atoms with Gasteiger partial charge in [0.15, 0.2) is 5.17 Å². The van der Waals surface area contributed by atoms with E-state index in [-0.39, 0.29) is 17.8 Å². The number of ether oxygens (including phenoxy) is 1. The smallest absolute Gasteiger partial charge is 0.338 e. The molecule has 0 aromatic heterocycles. The minimum absolute atomic E-state index is 0.00566. The van der Waals surface area contributed by atoms with E-state index in [0.717, 1.165) is 16.1 Å². The second-order valence-corrected chi connectivity index (χ2v) is 10.9. The minimum Gasteiger partial charge on any atom is -0.457 e. The number of sulfonamides is 1. The zero-order valence-electron chi connectivity index (χ0n) is 16.5. The fourth-order valence-electron chi connectivity index (χ4n) is 3.19. The van der Waals surface area contributed by atoms with E-state index in [0.29, 0.717) is 17.3 Å². The van der Waals surface area contributed by atoms with E-state index in [1.54, 1.807) is 12.1 Å². The monoisotopic (exact) mass is 430 g/mol. The first kappa shape index (κ1) is 20.0. The molecule has 4 rings (SSSR count). The third-order valence-corrected chi connectivity index (χ3v) is 7.20. The fourth-order valence-corrected chi connectivity index (χ4v) is 5.49. The van der Waals surface area contributed by atoms with Crippen molar-refractivity contribution in [1.29, 1.82) is 0 Å². The van der Waals surface area contributed by atoms with Crippen LogP contribution in [0, 0.1) is 0 Å². The van der Waals surface area contributed by atoms with Crippen molar-refractivity contribution in [2.24, 2.45) is 4.40 Å². The van der Waals surface area contributed by atoms with E-state index in [1.807, 2.05) is 23.1 Å². The molecule has 0 N–H and O–H groups in total. The van der Waals surface area contributed by atoms with Crippen molar-refractivity contribution in [3.05, 3.63) is 59.2 Å². The van der Waals surface area contributed by atoms with E-state index in [2.05, 4.69) is 37.3 Å². The van der Waals surface area contributed by atoms with E-state index in [4.69, 9.17) is 4.74 Å². The molecule has 0 radical (unpaired) electrons. The van der Waals surface area contributed by atoms with Crippen LogP contribution in [-0.2, 0) is 26.8 Å². The Morgan fingerprint density at radius 2 is 1.90 bits per heavy atom. The Labute approximate surface area is 175 Å². The maximum Gasteiger partial charge on any atom is 0.338 e. The lowest BCUT2D eigenvalue weighted by Gasteiger charge is -2.22. The number of thioether (sulfide) groups is 1. The van der Waals surface area contributed by atoms with E-state index >= 15 is 0 Å². The zero-order valence-corrected chi connectivity index (χ0v) is 18.1. The second-order valence-electron chi connectivity index (χ2n) is 8.12. The van der Waals surface area contributed by atoms with Gasteiger partial charge in [0, 0.05) is 11.4 Å². The maximum absolute atomic E-state index is 12.5. The molecule has 0 saturated heterocycles. The molecule has 152 valence electrons. The van der Waals surface area contributed by atoms with Crippen LogP contribution in [0.5, 0.6) is 0 Å². The van der Waals surface area contributed by atoms with Crippen molar-refractivity contribution < 1.29 is 17.9 Å². The number of amidine groups is 1. The summed E-state index contributed by atoms with van der Waals surface area (Å²) in [6.45, 7) is 7.03. The van der Waals surface area contributed by atoms with Crippen LogP contribution in [0.1, 0.15) is 42.3 Å². The highest BCUT2D eigenvalue weighted by Crippen LogP contribution is 2.42. The topological polar surface area (TPSA) is 76.0 Å². The third-order valence-electron chi connectivity index (χ3n) is 4.90. The van der Waals surface area contributed by atoms with Gasteiger partial charge < -0.3 is 9.64 Å². The molecular formula is C21H22N2O4S2. The average Bonchev–Trinajstić information content (AvgIpc) is 3.00. The number of esters is 1. The highest BCUT2D eigenvalue weighted by Gasteiger charge is 2.33. The lowest BCUT2D eigenvalue weighted by atomic mass is 9.87. The molecule has 2 aliphatic heterocycles. The Bertz CT molecular complexity index is 1100. The lowest BCUT2D eigenvalue weighted by Crippen LogP contribution is -2.35. The second kappa shape index (κ2) is 7.18. The number of benzene rings is 2. The molecule has 2 heterocycles. The van der Waals surface area contributed by atoms with Crippen molar-refractivity contribution in [1.82, 2.24) is 0 Å². The Hall–Kier alpha value is -2.32. The maximum atomic E-state index is 12.5. The largest absolute Gasteiger partial charge is 0.457 e. The zero-order chi connectivity index (χ0) is 20.8. The van der Waals surface area contributed by atoms with Gasteiger partial charge in [0.05, 0.1) is 17.0 Å². The van der Waals surface area contributed by atoms with Gasteiger partial charge in [0.25, 0.3) is 10.0 Å². The number of hydrogen-bond acceptors (Lipinski definition) is 6. The molecular weight excluding hydrogens is 408 g/mol. The molecule has 8 heteroatoms. The summed E-state index contributed by atoms with van der Waals surface area (Å²) < 4.78 is 32.7. The van der Waals surface area contributed by atoms with Crippen molar-refractivity contribution in [2.45, 2.75) is 37.7 Å². The van der Waals surface area contributed by atoms with Gasteiger partial charge in [0.1, 0.15) is 6.61 Å². The van der Waals surface area contributed by atoms with Crippen LogP contribution >= 0.6 is 11.8 Å². The number of carbonyl (C=O) groups excluding carboxylic acids is 1. The molecule has 2 aromatic carbocycles. The van der Waals surface area contributed by atoms with Gasteiger partial charge in [-0.25, -0.2) is 13.2 Å². The quantitative estimate of drug-likeness (QED) is 0.686. The predicted molar refractivity (Wildman–Crippen MR) is 115 cm³/mol. The summed E-state index contributed by atoms with van der Waals surface area (Å²) in [6, 6.07) is 13.3. The molecule has 0 bridgehead atoms. The Kier molecular flexibility index (Phi) is 4.94. The number of rotatable bonds is 3. The SMILES string of the molecule is CC(C)(C)c1ccc(COC(=O)c2ccc3c(c2)SC2=NS(=O)(=O)CCN23)cc1. The van der Waals surface area contributed by atoms with Gasteiger partial charge in [-0.15, -0.1) is 4.40 Å². The summed E-state index contributed by atoms with van der Waals surface area (Å²) in [5.41, 5.74) is 3.54. The number of hydrogen-bond donors (Lipinski definition) is 0. The summed E-state index contributed by atoms with van der Waals surface area (Å²) in [4.78, 5) is 15.2. The highest BCUT2D eigenvalue weighted by atomic mass is 32.2. The summed E-state index contributed by atoms with van der Waals surface area (Å²) in [7, 11) is -3.40. The van der Waals surface area contributed by atoms with Crippen LogP contribution in [0.25, 0.3) is 0 Å². The van der Waals surface area contributed by atoms with Crippen molar-refractivity contribution in [2.75, 3.05) is 17.2 Å². The molecule has 2 aliphatic rings. The number of carbonyl (C=O) groups is 1. The number of fused-ring (bicyclic) bond motifs is 3. The summed E-state index contributed by atoms with van der Waals surface area (Å²) in [5.74, 6) is -0.415. The van der Waals surface area contributed by atoms with Gasteiger partial charge >= 0.3 is 5.97 Å². The normalized spacial score (nSPS) is 17.3. The summed E-state index contributed by atoms with van der Waals surface area (Å²) in [5, 5.41) is 0.440. The first-order valence-corrected chi connectivity index (χ1v) is 11.7. The molecule has 0 fully saturated rings. The molecule has 6 nitrogen and oxygen atoms in total. The van der Waals surface area contributed by atoms with E-state index in [9.17, 15) is 13.2 Å². The van der Waals surface area contributed by atoms with Gasteiger partial charge in [-0.1, -0.05) is 45.0 Å². The summed E-state index contributed by atoms with van der Waals surface area (Å²) >= 11 is 1.26. The number of nitrogens with zero attached hydrogens (tertiary/aromatic N) is 2. The Balaban J connectivity index is 1.45. The van der Waals surface area contributed by atoms with Gasteiger partial charge in [-0.05, 0) is 46.5 Å². The van der Waals surface area contributed by atoms with Crippen LogP contribution in [0.3, 0.4) is 0 Å². The first-order chi connectivity index (χ1) is 13.6. The lowest BCUT2D eigenvalue weighted by molar-refractivity contribution is 0.0472. The molecule has 0 unspecified atom stereocenters. The third kappa shape index (κ3) is 4.18. The van der Waals surface area contributed by atoms with Crippen molar-refractivity contribution in [3.63, 3.8) is 0 Å². The molecule has 29 heavy (non-hydrogen) atoms. The highest BCUT2D eigenvalue weighted by molar-refractivity contribution is 8.15. The van der Waals surface area contributed by atoms with E-state index < -0.39 is 16.0 Å². The first-order valence-electron chi connectivity index (χ1n) is 9.31. The van der Waals surface area contributed by atoms with Crippen LogP contribution in [0.15, 0.2) is 51.8 Å². The standard InChI is InChI=1S/C21H22N2O4S2/c1-21(2,3)16-7-4-14(5-8-16)13-27-19(24)15-6-9-17-18(12-15)28-20-22-29(25,26)11-10-23(17)20/h4-9,12H,10-11,13H2,1-3H3. The van der Waals surface area contributed by atoms with Gasteiger partial charge in [0.2, 0.25) is 0 Å². The van der Waals surface area contributed by atoms with Crippen molar-refractivity contribution in [3.8, 4) is 0 Å². The van der Waals surface area contributed by atoms with Crippen LogP contribution in [-0.4, -0.2) is 31.9 Å². The van der Waals surface area contributed by atoms with Crippen molar-refractivity contribution >= 4 is 38.6 Å². The molecule has 0 atom stereocenters. The molecule has 0 amide bonds. The molecule has 0 aliphatic carbocycles. The number of anilines is 1. The average molecular weight is 431 g/mol. The van der Waals surface area contributed by atoms with Crippen LogP contribution in [0.2, 0.25) is 0 Å². The summed E-state index contributed by atoms with van der Waals surface area (Å²) in [6.07, 6.45) is 0. The molecule has 0 spiro atoms. The Morgan fingerprint density at radius 3 is 2.59 bits per heavy atom. The van der Waals surface area contributed by atoms with Crippen LogP contribution < -0.4 is 4.90 Å². The fraction of sp³-hybridized carbons (Fsp3) is 0.333. The van der Waals surface area contributed by atoms with Gasteiger partial charge in [-0.2, -0.15) is 0 Å². The van der Waals surface area contributed by atoms with Gasteiger partial charge in [-0.3, -0.25) is 0 Å². The van der Waals surface area contributed by atoms with E-state index in [1.165, 1.54) is 17.3 Å².